The molecule has 1 N–H and O–H groups in total. The summed E-state index contributed by atoms with van der Waals surface area (Å²) in [6.07, 6.45) is 4.63. The summed E-state index contributed by atoms with van der Waals surface area (Å²) in [7, 11) is 1.79. The second kappa shape index (κ2) is 8.20. The van der Waals surface area contributed by atoms with Crippen LogP contribution in [0.2, 0.25) is 0 Å². The predicted octanol–water partition coefficient (Wildman–Crippen LogP) is 3.80. The molecule has 1 saturated carbocycles. The van der Waals surface area contributed by atoms with Crippen molar-refractivity contribution in [1.82, 2.24) is 20.1 Å². The number of carbonyl (C=O) groups is 1. The molecule has 0 radical (unpaired) electrons. The van der Waals surface area contributed by atoms with Crippen molar-refractivity contribution < 1.29 is 9.18 Å². The first-order chi connectivity index (χ1) is 12.5. The summed E-state index contributed by atoms with van der Waals surface area (Å²) in [5, 5.41) is 11.7. The highest BCUT2D eigenvalue weighted by Crippen LogP contribution is 2.28. The van der Waals surface area contributed by atoms with Crippen molar-refractivity contribution in [2.24, 2.45) is 13.0 Å². The summed E-state index contributed by atoms with van der Waals surface area (Å²) in [6.45, 7) is 4.07. The van der Waals surface area contributed by atoms with E-state index in [9.17, 15) is 9.18 Å². The third-order valence-electron chi connectivity index (χ3n) is 5.04. The Morgan fingerprint density at radius 1 is 1.31 bits per heavy atom. The van der Waals surface area contributed by atoms with Gasteiger partial charge in [-0.2, -0.15) is 0 Å². The van der Waals surface area contributed by atoms with Crippen LogP contribution in [-0.4, -0.2) is 32.0 Å². The molecule has 1 aliphatic carbocycles. The zero-order valence-corrected chi connectivity index (χ0v) is 16.2. The number of benzene rings is 1. The number of carbonyl (C=O) groups excluding carboxylic acids is 1. The number of amides is 1. The average molecular weight is 377 g/mol. The van der Waals surface area contributed by atoms with E-state index in [0.29, 0.717) is 22.5 Å². The van der Waals surface area contributed by atoms with Crippen LogP contribution in [0.25, 0.3) is 11.4 Å². The molecule has 0 aliphatic heterocycles. The molecule has 1 heterocycles. The molecule has 1 fully saturated rings. The summed E-state index contributed by atoms with van der Waals surface area (Å²) < 4.78 is 15.7. The molecule has 1 aromatic heterocycles. The first-order valence-corrected chi connectivity index (χ1v) is 9.96. The first-order valence-electron chi connectivity index (χ1n) is 9.08. The molecule has 0 spiro atoms. The minimum Gasteiger partial charge on any atom is -0.352 e. The maximum absolute atomic E-state index is 14.0. The van der Waals surface area contributed by atoms with E-state index in [1.165, 1.54) is 37.1 Å². The standard InChI is InChI=1S/C19H25FN4OS/c1-12-8-4-7-11-16(12)21-18(25)13(2)26-19-23-22-17(24(19)3)14-9-5-6-10-15(14)20/h5-6,9-10,12-13,16H,4,7-8,11H2,1-3H3,(H,21,25). The van der Waals surface area contributed by atoms with Crippen LogP contribution >= 0.6 is 11.8 Å². The van der Waals surface area contributed by atoms with E-state index < -0.39 is 0 Å². The Labute approximate surface area is 157 Å². The highest BCUT2D eigenvalue weighted by molar-refractivity contribution is 8.00. The van der Waals surface area contributed by atoms with Gasteiger partial charge in [-0.1, -0.05) is 43.7 Å². The quantitative estimate of drug-likeness (QED) is 0.807. The average Bonchev–Trinajstić information content (AvgIpc) is 2.98. The molecule has 26 heavy (non-hydrogen) atoms. The Bertz CT molecular complexity index is 779. The molecular weight excluding hydrogens is 351 g/mol. The number of hydrogen-bond acceptors (Lipinski definition) is 4. The number of hydrogen-bond donors (Lipinski definition) is 1. The van der Waals surface area contributed by atoms with Gasteiger partial charge in [0.25, 0.3) is 0 Å². The van der Waals surface area contributed by atoms with Crippen molar-refractivity contribution in [3.8, 4) is 11.4 Å². The Morgan fingerprint density at radius 3 is 2.77 bits per heavy atom. The molecule has 2 aromatic rings. The third kappa shape index (κ3) is 4.09. The molecule has 140 valence electrons. The van der Waals surface area contributed by atoms with E-state index >= 15 is 0 Å². The van der Waals surface area contributed by atoms with Crippen molar-refractivity contribution >= 4 is 17.7 Å². The fourth-order valence-electron chi connectivity index (χ4n) is 3.34. The topological polar surface area (TPSA) is 59.8 Å². The maximum Gasteiger partial charge on any atom is 0.233 e. The van der Waals surface area contributed by atoms with Crippen molar-refractivity contribution in [2.75, 3.05) is 0 Å². The van der Waals surface area contributed by atoms with Crippen LogP contribution < -0.4 is 5.32 Å². The molecule has 3 atom stereocenters. The van der Waals surface area contributed by atoms with Crippen molar-refractivity contribution in [3.05, 3.63) is 30.1 Å². The van der Waals surface area contributed by atoms with Gasteiger partial charge in [-0.3, -0.25) is 4.79 Å². The zero-order chi connectivity index (χ0) is 18.7. The van der Waals surface area contributed by atoms with Gasteiger partial charge >= 0.3 is 0 Å². The fraction of sp³-hybridized carbons (Fsp3) is 0.526. The molecule has 7 heteroatoms. The van der Waals surface area contributed by atoms with Crippen LogP contribution in [0.5, 0.6) is 0 Å². The van der Waals surface area contributed by atoms with Crippen LogP contribution in [0.15, 0.2) is 29.4 Å². The van der Waals surface area contributed by atoms with Crippen molar-refractivity contribution in [3.63, 3.8) is 0 Å². The predicted molar refractivity (Wildman–Crippen MR) is 101 cm³/mol. The summed E-state index contributed by atoms with van der Waals surface area (Å²) in [4.78, 5) is 12.6. The van der Waals surface area contributed by atoms with Gasteiger partial charge in [-0.05, 0) is 37.8 Å². The molecule has 5 nitrogen and oxygen atoms in total. The smallest absolute Gasteiger partial charge is 0.233 e. The van der Waals surface area contributed by atoms with E-state index in [2.05, 4.69) is 22.4 Å². The Kier molecular flexibility index (Phi) is 5.96. The molecule has 3 rings (SSSR count). The van der Waals surface area contributed by atoms with Gasteiger partial charge < -0.3 is 9.88 Å². The van der Waals surface area contributed by atoms with Crippen molar-refractivity contribution in [1.29, 1.82) is 0 Å². The van der Waals surface area contributed by atoms with Gasteiger partial charge in [-0.25, -0.2) is 4.39 Å². The van der Waals surface area contributed by atoms with Crippen LogP contribution in [0.1, 0.15) is 39.5 Å². The van der Waals surface area contributed by atoms with Crippen LogP contribution in [-0.2, 0) is 11.8 Å². The van der Waals surface area contributed by atoms with Gasteiger partial charge in [0, 0.05) is 13.1 Å². The van der Waals surface area contributed by atoms with E-state index in [1.54, 1.807) is 29.8 Å². The van der Waals surface area contributed by atoms with Crippen LogP contribution in [0.4, 0.5) is 4.39 Å². The lowest BCUT2D eigenvalue weighted by atomic mass is 9.86. The normalized spacial score (nSPS) is 21.4. The van der Waals surface area contributed by atoms with Crippen LogP contribution in [0.3, 0.4) is 0 Å². The van der Waals surface area contributed by atoms with Gasteiger partial charge in [-0.15, -0.1) is 10.2 Å². The summed E-state index contributed by atoms with van der Waals surface area (Å²) in [5.74, 6) is 0.660. The molecule has 0 saturated heterocycles. The van der Waals surface area contributed by atoms with E-state index in [0.717, 1.165) is 6.42 Å². The molecule has 1 aliphatic rings. The Balaban J connectivity index is 1.67. The molecule has 1 aromatic carbocycles. The highest BCUT2D eigenvalue weighted by atomic mass is 32.2. The molecule has 1 amide bonds. The summed E-state index contributed by atoms with van der Waals surface area (Å²) >= 11 is 1.34. The number of aromatic nitrogens is 3. The lowest BCUT2D eigenvalue weighted by Gasteiger charge is -2.30. The van der Waals surface area contributed by atoms with Gasteiger partial charge in [0.15, 0.2) is 11.0 Å². The van der Waals surface area contributed by atoms with Gasteiger partial charge in [0.1, 0.15) is 5.82 Å². The number of rotatable bonds is 5. The largest absolute Gasteiger partial charge is 0.352 e. The first kappa shape index (κ1) is 18.9. The fourth-order valence-corrected chi connectivity index (χ4v) is 4.16. The lowest BCUT2D eigenvalue weighted by molar-refractivity contribution is -0.121. The van der Waals surface area contributed by atoms with E-state index in [4.69, 9.17) is 0 Å². The monoisotopic (exact) mass is 376 g/mol. The molecular formula is C19H25FN4OS. The second-order valence-corrected chi connectivity index (χ2v) is 8.29. The van der Waals surface area contributed by atoms with E-state index in [1.807, 2.05) is 6.92 Å². The maximum atomic E-state index is 14.0. The van der Waals surface area contributed by atoms with Crippen LogP contribution in [0, 0.1) is 11.7 Å². The minimum atomic E-state index is -0.336. The second-order valence-electron chi connectivity index (χ2n) is 6.98. The Morgan fingerprint density at radius 2 is 2.04 bits per heavy atom. The zero-order valence-electron chi connectivity index (χ0n) is 15.4. The van der Waals surface area contributed by atoms with Crippen molar-refractivity contribution in [2.45, 2.75) is 56.0 Å². The number of halogens is 1. The molecule has 0 bridgehead atoms. The third-order valence-corrected chi connectivity index (χ3v) is 6.17. The molecule has 3 unspecified atom stereocenters. The summed E-state index contributed by atoms with van der Waals surface area (Å²) in [6, 6.07) is 6.74. The van der Waals surface area contributed by atoms with Gasteiger partial charge in [0.2, 0.25) is 5.91 Å². The highest BCUT2D eigenvalue weighted by Gasteiger charge is 2.26. The number of nitrogens with one attached hydrogen (secondary N) is 1. The Hall–Kier alpha value is -1.89. The SMILES string of the molecule is CC(Sc1nnc(-c2ccccc2F)n1C)C(=O)NC1CCCCC1C. The van der Waals surface area contributed by atoms with E-state index in [-0.39, 0.29) is 23.0 Å². The number of thioether (sulfide) groups is 1. The lowest BCUT2D eigenvalue weighted by Crippen LogP contribution is -2.44. The summed E-state index contributed by atoms with van der Waals surface area (Å²) in [5.41, 5.74) is 0.405. The minimum absolute atomic E-state index is 0.0178. The van der Waals surface area contributed by atoms with Gasteiger partial charge in [0.05, 0.1) is 10.8 Å². The number of nitrogens with zero attached hydrogens (tertiary/aromatic N) is 3.